The number of nitrogens with zero attached hydrogens (tertiary/aromatic N) is 4. The second kappa shape index (κ2) is 6.51. The lowest BCUT2D eigenvalue weighted by Gasteiger charge is -2.34. The molecule has 0 N–H and O–H groups in total. The molecule has 3 aromatic rings. The molecule has 138 valence electrons. The lowest BCUT2D eigenvalue weighted by Crippen LogP contribution is -2.33. The molecule has 0 bridgehead atoms. The number of hydrogen-bond donors (Lipinski definition) is 0. The molecule has 1 unspecified atom stereocenters. The van der Waals surface area contributed by atoms with Crippen LogP contribution in [0.2, 0.25) is 0 Å². The summed E-state index contributed by atoms with van der Waals surface area (Å²) >= 11 is 1.60. The third-order valence-corrected chi connectivity index (χ3v) is 5.76. The Morgan fingerprint density at radius 2 is 2.00 bits per heavy atom. The number of hydrogen-bond acceptors (Lipinski definition) is 7. The van der Waals surface area contributed by atoms with Gasteiger partial charge in [-0.1, -0.05) is 11.3 Å². The van der Waals surface area contributed by atoms with Crippen molar-refractivity contribution in [2.75, 3.05) is 20.8 Å². The maximum atomic E-state index is 5.83. The van der Waals surface area contributed by atoms with Crippen LogP contribution in [0.25, 0.3) is 16.3 Å². The second-order valence-electron chi connectivity index (χ2n) is 7.03. The lowest BCUT2D eigenvalue weighted by atomic mass is 9.89. The van der Waals surface area contributed by atoms with Gasteiger partial charge in [0.15, 0.2) is 17.3 Å². The largest absolute Gasteiger partial charge is 0.493 e. The molecular formula is C18H22N4O3S. The molecule has 0 amide bonds. The van der Waals surface area contributed by atoms with Crippen LogP contribution in [0, 0.1) is 0 Å². The van der Waals surface area contributed by atoms with Crippen LogP contribution in [0.4, 0.5) is 0 Å². The Morgan fingerprint density at radius 3 is 2.73 bits per heavy atom. The zero-order valence-electron chi connectivity index (χ0n) is 15.4. The highest BCUT2D eigenvalue weighted by atomic mass is 32.1. The molecule has 1 saturated heterocycles. The van der Waals surface area contributed by atoms with Crippen molar-refractivity contribution in [2.24, 2.45) is 0 Å². The van der Waals surface area contributed by atoms with Crippen LogP contribution < -0.4 is 9.47 Å². The van der Waals surface area contributed by atoms with E-state index in [2.05, 4.69) is 24.0 Å². The first-order chi connectivity index (χ1) is 12.5. The smallest absolute Gasteiger partial charge is 0.234 e. The van der Waals surface area contributed by atoms with E-state index in [9.17, 15) is 0 Å². The van der Waals surface area contributed by atoms with Crippen molar-refractivity contribution >= 4 is 16.3 Å². The molecule has 1 fully saturated rings. The van der Waals surface area contributed by atoms with Crippen LogP contribution in [0.1, 0.15) is 37.6 Å². The van der Waals surface area contributed by atoms with Crippen LogP contribution in [0.5, 0.6) is 11.5 Å². The molecular weight excluding hydrogens is 352 g/mol. The van der Waals surface area contributed by atoms with Gasteiger partial charge in [-0.05, 0) is 44.9 Å². The van der Waals surface area contributed by atoms with E-state index in [0.29, 0.717) is 23.2 Å². The van der Waals surface area contributed by atoms with Crippen LogP contribution >= 0.6 is 11.3 Å². The van der Waals surface area contributed by atoms with Crippen LogP contribution in [-0.4, -0.2) is 46.2 Å². The third kappa shape index (κ3) is 3.03. The number of benzene rings is 1. The Kier molecular flexibility index (Phi) is 4.32. The minimum Gasteiger partial charge on any atom is -0.493 e. The van der Waals surface area contributed by atoms with Crippen molar-refractivity contribution < 1.29 is 14.2 Å². The van der Waals surface area contributed by atoms with Crippen LogP contribution in [0.3, 0.4) is 0 Å². The Labute approximate surface area is 155 Å². The molecule has 26 heavy (non-hydrogen) atoms. The predicted molar refractivity (Wildman–Crippen MR) is 99.2 cm³/mol. The summed E-state index contributed by atoms with van der Waals surface area (Å²) in [5.41, 5.74) is 0.778. The van der Waals surface area contributed by atoms with E-state index < -0.39 is 0 Å². The Hall–Kier alpha value is -2.19. The summed E-state index contributed by atoms with van der Waals surface area (Å²) in [6.45, 7) is 5.03. The Balaban J connectivity index is 1.71. The highest BCUT2D eigenvalue weighted by Crippen LogP contribution is 2.38. The molecule has 0 aliphatic carbocycles. The number of methoxy groups -OCH3 is 2. The van der Waals surface area contributed by atoms with Gasteiger partial charge in [0.1, 0.15) is 5.01 Å². The first-order valence-corrected chi connectivity index (χ1v) is 9.41. The van der Waals surface area contributed by atoms with Crippen molar-refractivity contribution in [2.45, 2.75) is 38.2 Å². The van der Waals surface area contributed by atoms with E-state index in [1.54, 1.807) is 25.6 Å². The Bertz CT molecular complexity index is 934. The highest BCUT2D eigenvalue weighted by Gasteiger charge is 2.32. The number of aromatic nitrogens is 4. The molecule has 0 spiro atoms. The standard InChI is InChI=1S/C18H22N4O3S/c1-18(2)10-12(7-8-25-18)16-21-22-15(19-20-17(22)26-16)11-5-6-13(23-3)14(9-11)24-4/h5-6,9,12H,7-8,10H2,1-4H3. The van der Waals surface area contributed by atoms with Gasteiger partial charge < -0.3 is 14.2 Å². The van der Waals surface area contributed by atoms with E-state index in [4.69, 9.17) is 19.3 Å². The van der Waals surface area contributed by atoms with Crippen LogP contribution in [-0.2, 0) is 4.74 Å². The number of rotatable bonds is 4. The average molecular weight is 374 g/mol. The molecule has 1 aliphatic rings. The summed E-state index contributed by atoms with van der Waals surface area (Å²) in [6.07, 6.45) is 1.95. The summed E-state index contributed by atoms with van der Waals surface area (Å²) in [5.74, 6) is 2.43. The van der Waals surface area contributed by atoms with Crippen molar-refractivity contribution in [3.63, 3.8) is 0 Å². The third-order valence-electron chi connectivity index (χ3n) is 4.69. The molecule has 1 atom stereocenters. The van der Waals surface area contributed by atoms with Gasteiger partial charge in [0.05, 0.1) is 19.8 Å². The fourth-order valence-corrected chi connectivity index (χ4v) is 4.37. The zero-order valence-corrected chi connectivity index (χ0v) is 16.2. The van der Waals surface area contributed by atoms with Gasteiger partial charge in [0.25, 0.3) is 0 Å². The van der Waals surface area contributed by atoms with Gasteiger partial charge in [-0.25, -0.2) is 0 Å². The number of ether oxygens (including phenoxy) is 3. The molecule has 2 aromatic heterocycles. The summed E-state index contributed by atoms with van der Waals surface area (Å²) in [6, 6.07) is 5.70. The summed E-state index contributed by atoms with van der Waals surface area (Å²) < 4.78 is 18.4. The topological polar surface area (TPSA) is 70.8 Å². The van der Waals surface area contributed by atoms with E-state index in [1.807, 2.05) is 22.7 Å². The van der Waals surface area contributed by atoms with Crippen molar-refractivity contribution in [1.82, 2.24) is 19.8 Å². The highest BCUT2D eigenvalue weighted by molar-refractivity contribution is 7.16. The van der Waals surface area contributed by atoms with Gasteiger partial charge in [-0.3, -0.25) is 0 Å². The quantitative estimate of drug-likeness (QED) is 0.696. The molecule has 1 aromatic carbocycles. The normalized spacial score (nSPS) is 19.6. The lowest BCUT2D eigenvalue weighted by molar-refractivity contribution is -0.0593. The minimum atomic E-state index is -0.110. The van der Waals surface area contributed by atoms with Gasteiger partial charge >= 0.3 is 0 Å². The molecule has 0 saturated carbocycles. The predicted octanol–water partition coefficient (Wildman–Crippen LogP) is 3.54. The average Bonchev–Trinajstić information content (AvgIpc) is 3.21. The fraction of sp³-hybridized carbons (Fsp3) is 0.500. The molecule has 7 nitrogen and oxygen atoms in total. The molecule has 1 aliphatic heterocycles. The first kappa shape index (κ1) is 17.2. The van der Waals surface area contributed by atoms with E-state index >= 15 is 0 Å². The zero-order chi connectivity index (χ0) is 18.3. The molecule has 3 heterocycles. The monoisotopic (exact) mass is 374 g/mol. The van der Waals surface area contributed by atoms with E-state index in [0.717, 1.165) is 35.0 Å². The van der Waals surface area contributed by atoms with Crippen molar-refractivity contribution in [3.8, 4) is 22.9 Å². The summed E-state index contributed by atoms with van der Waals surface area (Å²) in [4.78, 5) is 0.800. The fourth-order valence-electron chi connectivity index (χ4n) is 3.39. The summed E-state index contributed by atoms with van der Waals surface area (Å²) in [7, 11) is 3.24. The Morgan fingerprint density at radius 1 is 1.19 bits per heavy atom. The van der Waals surface area contributed by atoms with Gasteiger partial charge in [0, 0.05) is 18.1 Å². The van der Waals surface area contributed by atoms with Gasteiger partial charge in [0.2, 0.25) is 4.96 Å². The molecule has 0 radical (unpaired) electrons. The molecule has 8 heteroatoms. The maximum absolute atomic E-state index is 5.83. The second-order valence-corrected chi connectivity index (χ2v) is 8.01. The van der Waals surface area contributed by atoms with Gasteiger partial charge in [-0.2, -0.15) is 9.61 Å². The SMILES string of the molecule is COc1ccc(-c2nnc3sc(C4CCOC(C)(C)C4)nn23)cc1OC. The summed E-state index contributed by atoms with van der Waals surface area (Å²) in [5, 5.41) is 14.5. The van der Waals surface area contributed by atoms with Crippen molar-refractivity contribution in [3.05, 3.63) is 23.2 Å². The van der Waals surface area contributed by atoms with E-state index in [1.165, 1.54) is 0 Å². The maximum Gasteiger partial charge on any atom is 0.234 e. The van der Waals surface area contributed by atoms with Crippen molar-refractivity contribution in [1.29, 1.82) is 0 Å². The van der Waals surface area contributed by atoms with Crippen LogP contribution in [0.15, 0.2) is 18.2 Å². The first-order valence-electron chi connectivity index (χ1n) is 8.59. The minimum absolute atomic E-state index is 0.110. The molecule has 4 rings (SSSR count). The number of fused-ring (bicyclic) bond motifs is 1. The van der Waals surface area contributed by atoms with Gasteiger partial charge in [-0.15, -0.1) is 10.2 Å². The van der Waals surface area contributed by atoms with E-state index in [-0.39, 0.29) is 5.60 Å².